The van der Waals surface area contributed by atoms with Crippen LogP contribution in [0.1, 0.15) is 38.6 Å². The lowest BCUT2D eigenvalue weighted by Crippen LogP contribution is -2.23. The zero-order valence-electron chi connectivity index (χ0n) is 11.8. The number of hydrogen-bond acceptors (Lipinski definition) is 2. The number of carbonyl (C=O) groups is 1. The van der Waals surface area contributed by atoms with Crippen molar-refractivity contribution in [1.82, 2.24) is 5.32 Å². The minimum absolute atomic E-state index is 0.0456. The van der Waals surface area contributed by atoms with Gasteiger partial charge in [0.1, 0.15) is 11.5 Å². The molecule has 0 bridgehead atoms. The fraction of sp³-hybridized carbons (Fsp3) is 0.312. The molecule has 1 amide bonds. The molecule has 0 radical (unpaired) electrons. The second-order valence-corrected chi connectivity index (χ2v) is 4.94. The Bertz CT molecular complexity index is 611. The van der Waals surface area contributed by atoms with E-state index in [1.807, 2.05) is 52.0 Å². The van der Waals surface area contributed by atoms with E-state index < -0.39 is 0 Å². The van der Waals surface area contributed by atoms with Crippen LogP contribution in [0.2, 0.25) is 0 Å². The monoisotopic (exact) mass is 257 g/mol. The van der Waals surface area contributed by atoms with Crippen LogP contribution < -0.4 is 5.32 Å². The van der Waals surface area contributed by atoms with Gasteiger partial charge in [0.05, 0.1) is 0 Å². The first-order valence-corrected chi connectivity index (χ1v) is 6.38. The van der Waals surface area contributed by atoms with Crippen molar-refractivity contribution in [2.75, 3.05) is 0 Å². The van der Waals surface area contributed by atoms with Crippen LogP contribution in [0.3, 0.4) is 0 Å². The van der Waals surface area contributed by atoms with Crippen LogP contribution in [-0.4, -0.2) is 5.91 Å². The number of aryl methyl sites for hydroxylation is 4. The molecule has 0 aliphatic rings. The van der Waals surface area contributed by atoms with Crippen molar-refractivity contribution in [3.05, 3.63) is 58.0 Å². The zero-order valence-corrected chi connectivity index (χ0v) is 11.8. The molecule has 0 unspecified atom stereocenters. The number of carbonyl (C=O) groups excluding carboxylic acids is 1. The van der Waals surface area contributed by atoms with E-state index in [0.717, 1.165) is 33.8 Å². The van der Waals surface area contributed by atoms with Crippen molar-refractivity contribution in [1.29, 1.82) is 0 Å². The maximum absolute atomic E-state index is 12.1. The zero-order chi connectivity index (χ0) is 14.0. The van der Waals surface area contributed by atoms with Crippen molar-refractivity contribution < 1.29 is 9.21 Å². The van der Waals surface area contributed by atoms with Crippen LogP contribution in [0.4, 0.5) is 0 Å². The van der Waals surface area contributed by atoms with Gasteiger partial charge in [-0.25, -0.2) is 0 Å². The lowest BCUT2D eigenvalue weighted by atomic mass is 10.1. The van der Waals surface area contributed by atoms with Crippen LogP contribution in [0.25, 0.3) is 0 Å². The minimum Gasteiger partial charge on any atom is -0.466 e. The van der Waals surface area contributed by atoms with Crippen LogP contribution in [-0.2, 0) is 6.54 Å². The largest absolute Gasteiger partial charge is 0.466 e. The number of furan rings is 1. The van der Waals surface area contributed by atoms with E-state index in [-0.39, 0.29) is 5.91 Å². The summed E-state index contributed by atoms with van der Waals surface area (Å²) >= 11 is 0. The topological polar surface area (TPSA) is 42.2 Å². The van der Waals surface area contributed by atoms with Gasteiger partial charge in [-0.05, 0) is 45.4 Å². The molecule has 3 heteroatoms. The Kier molecular flexibility index (Phi) is 3.74. The summed E-state index contributed by atoms with van der Waals surface area (Å²) in [6, 6.07) is 7.79. The molecule has 0 saturated carbocycles. The normalized spacial score (nSPS) is 10.5. The molecule has 0 aliphatic carbocycles. The Morgan fingerprint density at radius 3 is 2.47 bits per heavy atom. The van der Waals surface area contributed by atoms with E-state index in [4.69, 9.17) is 4.42 Å². The molecule has 2 aromatic rings. The summed E-state index contributed by atoms with van der Waals surface area (Å²) in [6.45, 7) is 8.28. The second-order valence-electron chi connectivity index (χ2n) is 4.94. The van der Waals surface area contributed by atoms with E-state index in [2.05, 4.69) is 5.32 Å². The van der Waals surface area contributed by atoms with E-state index in [1.165, 1.54) is 0 Å². The molecular weight excluding hydrogens is 238 g/mol. The molecule has 0 atom stereocenters. The summed E-state index contributed by atoms with van der Waals surface area (Å²) in [6.07, 6.45) is 0. The number of amides is 1. The van der Waals surface area contributed by atoms with Crippen molar-refractivity contribution >= 4 is 5.91 Å². The highest BCUT2D eigenvalue weighted by Crippen LogP contribution is 2.14. The summed E-state index contributed by atoms with van der Waals surface area (Å²) < 4.78 is 5.44. The molecule has 1 aromatic carbocycles. The van der Waals surface area contributed by atoms with Crippen LogP contribution in [0.15, 0.2) is 28.7 Å². The van der Waals surface area contributed by atoms with Crippen LogP contribution in [0.5, 0.6) is 0 Å². The average Bonchev–Trinajstić information content (AvgIpc) is 2.65. The third-order valence-corrected chi connectivity index (χ3v) is 3.21. The van der Waals surface area contributed by atoms with Crippen molar-refractivity contribution in [3.8, 4) is 0 Å². The van der Waals surface area contributed by atoms with E-state index in [1.54, 1.807) is 0 Å². The lowest BCUT2D eigenvalue weighted by molar-refractivity contribution is 0.0950. The maximum atomic E-state index is 12.1. The highest BCUT2D eigenvalue weighted by molar-refractivity contribution is 5.95. The van der Waals surface area contributed by atoms with Gasteiger partial charge in [0.25, 0.3) is 5.91 Å². The minimum atomic E-state index is -0.0456. The number of hydrogen-bond donors (Lipinski definition) is 1. The summed E-state index contributed by atoms with van der Waals surface area (Å²) in [5.41, 5.74) is 3.91. The summed E-state index contributed by atoms with van der Waals surface area (Å²) in [4.78, 5) is 12.1. The van der Waals surface area contributed by atoms with Gasteiger partial charge in [0.15, 0.2) is 0 Å². The van der Waals surface area contributed by atoms with Crippen LogP contribution >= 0.6 is 0 Å². The first-order valence-electron chi connectivity index (χ1n) is 6.38. The third-order valence-electron chi connectivity index (χ3n) is 3.21. The fourth-order valence-corrected chi connectivity index (χ4v) is 2.20. The lowest BCUT2D eigenvalue weighted by Gasteiger charge is -2.08. The smallest absolute Gasteiger partial charge is 0.251 e. The Labute approximate surface area is 113 Å². The fourth-order valence-electron chi connectivity index (χ4n) is 2.20. The first-order chi connectivity index (χ1) is 8.97. The van der Waals surface area contributed by atoms with Gasteiger partial charge in [-0.3, -0.25) is 4.79 Å². The van der Waals surface area contributed by atoms with Gasteiger partial charge in [-0.2, -0.15) is 0 Å². The van der Waals surface area contributed by atoms with Gasteiger partial charge in [0, 0.05) is 17.7 Å². The highest BCUT2D eigenvalue weighted by atomic mass is 16.3. The summed E-state index contributed by atoms with van der Waals surface area (Å²) in [7, 11) is 0. The Hall–Kier alpha value is -2.03. The molecule has 0 spiro atoms. The van der Waals surface area contributed by atoms with Crippen molar-refractivity contribution in [2.24, 2.45) is 0 Å². The molecule has 0 fully saturated rings. The summed E-state index contributed by atoms with van der Waals surface area (Å²) in [5.74, 6) is 1.68. The molecule has 0 aliphatic heterocycles. The molecule has 1 N–H and O–H groups in total. The van der Waals surface area contributed by atoms with E-state index in [0.29, 0.717) is 6.54 Å². The molecule has 19 heavy (non-hydrogen) atoms. The molecule has 1 aromatic heterocycles. The third kappa shape index (κ3) is 3.05. The van der Waals surface area contributed by atoms with Gasteiger partial charge in [-0.1, -0.05) is 17.7 Å². The van der Waals surface area contributed by atoms with Gasteiger partial charge in [0.2, 0.25) is 0 Å². The molecule has 3 nitrogen and oxygen atoms in total. The Balaban J connectivity index is 2.07. The van der Waals surface area contributed by atoms with E-state index in [9.17, 15) is 4.79 Å². The molecule has 0 saturated heterocycles. The summed E-state index contributed by atoms with van der Waals surface area (Å²) in [5, 5.41) is 2.93. The van der Waals surface area contributed by atoms with Crippen molar-refractivity contribution in [3.63, 3.8) is 0 Å². The van der Waals surface area contributed by atoms with E-state index >= 15 is 0 Å². The Morgan fingerprint density at radius 1 is 1.16 bits per heavy atom. The van der Waals surface area contributed by atoms with Gasteiger partial charge in [-0.15, -0.1) is 0 Å². The van der Waals surface area contributed by atoms with Crippen molar-refractivity contribution in [2.45, 2.75) is 34.2 Å². The number of nitrogens with one attached hydrogen (secondary N) is 1. The average molecular weight is 257 g/mol. The molecule has 2 rings (SSSR count). The second kappa shape index (κ2) is 5.31. The maximum Gasteiger partial charge on any atom is 0.251 e. The SMILES string of the molecule is Cc1ccc(C(=O)NCc2cc(C)oc2C)c(C)c1. The molecule has 100 valence electrons. The first kappa shape index (κ1) is 13.4. The molecule has 1 heterocycles. The predicted octanol–water partition coefficient (Wildman–Crippen LogP) is 3.44. The predicted molar refractivity (Wildman–Crippen MR) is 75.3 cm³/mol. The van der Waals surface area contributed by atoms with Gasteiger partial charge >= 0.3 is 0 Å². The molecular formula is C16H19NO2. The number of rotatable bonds is 3. The van der Waals surface area contributed by atoms with Crippen LogP contribution in [0, 0.1) is 27.7 Å². The standard InChI is InChI=1S/C16H19NO2/c1-10-5-6-15(11(2)7-10)16(18)17-9-14-8-12(3)19-13(14)4/h5-8H,9H2,1-4H3,(H,17,18). The number of benzene rings is 1. The Morgan fingerprint density at radius 2 is 1.89 bits per heavy atom. The van der Waals surface area contributed by atoms with Gasteiger partial charge < -0.3 is 9.73 Å². The highest BCUT2D eigenvalue weighted by Gasteiger charge is 2.10. The quantitative estimate of drug-likeness (QED) is 0.915.